The summed E-state index contributed by atoms with van der Waals surface area (Å²) in [6.07, 6.45) is 27.3. The molecule has 5 aliphatic heterocycles. The molecule has 0 unspecified atom stereocenters. The van der Waals surface area contributed by atoms with Crippen LogP contribution in [0.25, 0.3) is 49.7 Å². The normalized spacial score (nSPS) is 17.3. The number of rotatable bonds is 13. The maximum atomic E-state index is 9.46. The Morgan fingerprint density at radius 3 is 1.92 bits per heavy atom. The lowest BCUT2D eigenvalue weighted by atomic mass is 9.48. The molecule has 9 aromatic rings. The molecule has 7 heterocycles. The Morgan fingerprint density at radius 2 is 1.25 bits per heavy atom. The summed E-state index contributed by atoms with van der Waals surface area (Å²) in [6, 6.07) is 41.0. The predicted molar refractivity (Wildman–Crippen MR) is 368 cm³/mol. The standard InChI is InChI=1S/C78H74B2N6O/c1-53(2)62-27-21-28-63(54(3)4)76(62)55-44-59(49-61(45-55)87-60-34-35-65-64-26-13-14-31-71(64)86(74(65)50-60)75-48-57(36-39-81-75)78(8,9)56-24-11-10-12-25-56)85-52-82(72-32-15-16-33-73(72)85)51-68-66(69-29-22-42-83-40-19-17-37-79(69)83)46-58(77(5,6)7)47-67(68)70-30-23-43-84-41-20-18-38-80(70)84/h10-50,53-54H,51-52H2,1-9H3/i8D3,9D3,13D,14D,26D,31D. The highest BCUT2D eigenvalue weighted by Gasteiger charge is 2.37. The number of hydrogen-bond donors (Lipinski definition) is 0. The van der Waals surface area contributed by atoms with E-state index in [0.29, 0.717) is 35.6 Å². The van der Waals surface area contributed by atoms with Crippen molar-refractivity contribution in [3.63, 3.8) is 0 Å². The Morgan fingerprint density at radius 1 is 0.598 bits per heavy atom. The highest BCUT2D eigenvalue weighted by Crippen LogP contribution is 2.48. The number of ether oxygens (including phenoxy) is 1. The van der Waals surface area contributed by atoms with E-state index in [1.54, 1.807) is 41.0 Å². The van der Waals surface area contributed by atoms with E-state index in [0.717, 1.165) is 28.2 Å². The molecule has 0 radical (unpaired) electrons. The number of para-hydroxylation sites is 3. The van der Waals surface area contributed by atoms with Gasteiger partial charge in [-0.3, -0.25) is 4.57 Å². The van der Waals surface area contributed by atoms with Crippen molar-refractivity contribution < 1.29 is 18.4 Å². The second-order valence-corrected chi connectivity index (χ2v) is 24.9. The first kappa shape index (κ1) is 44.9. The fourth-order valence-corrected chi connectivity index (χ4v) is 13.2. The van der Waals surface area contributed by atoms with Crippen molar-refractivity contribution in [1.29, 1.82) is 0 Å². The Hall–Kier alpha value is -9.46. The number of nitrogens with zero attached hydrogens (tertiary/aromatic N) is 6. The van der Waals surface area contributed by atoms with E-state index in [1.807, 2.05) is 0 Å². The van der Waals surface area contributed by atoms with Gasteiger partial charge in [0.25, 0.3) is 0 Å². The largest absolute Gasteiger partial charge is 0.457 e. The predicted octanol–water partition coefficient (Wildman–Crippen LogP) is 19.4. The molecular weight excluding hydrogens is 1060 g/mol. The molecule has 428 valence electrons. The Kier molecular flexibility index (Phi) is 11.4. The Balaban J connectivity index is 0.939. The van der Waals surface area contributed by atoms with Crippen molar-refractivity contribution in [2.24, 2.45) is 0 Å². The number of allylic oxidation sites excluding steroid dienone is 8. The van der Waals surface area contributed by atoms with Crippen LogP contribution >= 0.6 is 0 Å². The van der Waals surface area contributed by atoms with Gasteiger partial charge in [0.05, 0.1) is 34.6 Å². The van der Waals surface area contributed by atoms with Gasteiger partial charge in [-0.05, 0) is 188 Å². The molecule has 0 aliphatic carbocycles. The number of aromatic nitrogens is 2. The summed E-state index contributed by atoms with van der Waals surface area (Å²) in [7, 11) is 0. The second kappa shape index (κ2) is 22.1. The van der Waals surface area contributed by atoms with E-state index in [2.05, 4.69) is 226 Å². The molecule has 0 atom stereocenters. The fourth-order valence-electron chi connectivity index (χ4n) is 13.2. The molecule has 7 aromatic carbocycles. The van der Waals surface area contributed by atoms with Gasteiger partial charge < -0.3 is 24.2 Å². The van der Waals surface area contributed by atoms with Crippen LogP contribution in [-0.2, 0) is 17.4 Å². The summed E-state index contributed by atoms with van der Waals surface area (Å²) in [6.45, 7) is 10.6. The lowest BCUT2D eigenvalue weighted by molar-refractivity contribution is 0.483. The first-order valence-electron chi connectivity index (χ1n) is 35.2. The molecule has 87 heavy (non-hydrogen) atoms. The summed E-state index contributed by atoms with van der Waals surface area (Å²) in [5.74, 6) is 5.80. The van der Waals surface area contributed by atoms with Gasteiger partial charge in [0.15, 0.2) is 0 Å². The molecule has 9 heteroatoms. The van der Waals surface area contributed by atoms with E-state index >= 15 is 0 Å². The summed E-state index contributed by atoms with van der Waals surface area (Å²) >= 11 is 0. The number of anilines is 3. The SMILES string of the molecule is [2H]c1c([2H])c([2H])c2c(c1[2H])c1ccc(Oc3cc(-c4c(C(C)C)cccc4C(C)C)cc(N4CN(Cc5c(C6=CC=CN7C=CC=CB67)cc(C(C)(C)C)cc5C5=CC=CN6C=CC=CB56)c5ccccc54)c3)cc1n2-c1cc(C(c2ccccc2)(C([2H])([2H])[2H])C([2H])([2H])[2H])ccn1. The van der Waals surface area contributed by atoms with E-state index in [4.69, 9.17) is 20.7 Å². The minimum absolute atomic E-state index is 0.0136. The lowest BCUT2D eigenvalue weighted by Crippen LogP contribution is -2.37. The zero-order valence-corrected chi connectivity index (χ0v) is 50.2. The minimum Gasteiger partial charge on any atom is -0.457 e. The third-order valence-electron chi connectivity index (χ3n) is 17.7. The van der Waals surface area contributed by atoms with Gasteiger partial charge in [-0.2, -0.15) is 0 Å². The highest BCUT2D eigenvalue weighted by atomic mass is 16.5. The molecule has 0 fully saturated rings. The van der Waals surface area contributed by atoms with Crippen molar-refractivity contribution in [3.05, 3.63) is 294 Å². The Bertz CT molecular complexity index is 4810. The summed E-state index contributed by atoms with van der Waals surface area (Å²) in [5.41, 5.74) is 12.4. The summed E-state index contributed by atoms with van der Waals surface area (Å²) in [4.78, 5) is 14.2. The van der Waals surface area contributed by atoms with Crippen LogP contribution in [0.3, 0.4) is 0 Å². The van der Waals surface area contributed by atoms with Crippen LogP contribution < -0.4 is 14.5 Å². The Labute approximate surface area is 528 Å². The molecule has 0 spiro atoms. The average Bonchev–Trinajstić information content (AvgIpc) is 1.36. The third-order valence-corrected chi connectivity index (χ3v) is 17.7. The molecular formula is C78H74B2N6O. The molecule has 0 saturated carbocycles. The van der Waals surface area contributed by atoms with Crippen LogP contribution in [0.2, 0.25) is 0 Å². The van der Waals surface area contributed by atoms with Crippen LogP contribution in [0, 0.1) is 0 Å². The highest BCUT2D eigenvalue weighted by molar-refractivity contribution is 6.83. The van der Waals surface area contributed by atoms with Crippen LogP contribution in [0.5, 0.6) is 11.5 Å². The number of benzene rings is 7. The van der Waals surface area contributed by atoms with Crippen LogP contribution in [0.15, 0.2) is 249 Å². The first-order chi connectivity index (χ1) is 46.3. The van der Waals surface area contributed by atoms with Gasteiger partial charge in [-0.1, -0.05) is 189 Å². The second-order valence-electron chi connectivity index (χ2n) is 24.9. The third kappa shape index (κ3) is 10.1. The van der Waals surface area contributed by atoms with Crippen LogP contribution in [-0.4, -0.2) is 39.5 Å². The van der Waals surface area contributed by atoms with Gasteiger partial charge in [0, 0.05) is 55.0 Å². The molecule has 0 N–H and O–H groups in total. The number of pyridine rings is 1. The number of hydrogen-bond acceptors (Lipinski definition) is 6. The minimum atomic E-state index is -3.11. The monoisotopic (exact) mass is 1140 g/mol. The fraction of sp³-hybridized carbons (Fsp3) is 0.192. The van der Waals surface area contributed by atoms with Crippen molar-refractivity contribution in [2.45, 2.75) is 91.4 Å². The number of fused-ring (bicyclic) bond motifs is 6. The first-order valence-corrected chi connectivity index (χ1v) is 30.2. The molecule has 14 rings (SSSR count). The van der Waals surface area contributed by atoms with Gasteiger partial charge in [0.1, 0.15) is 17.3 Å². The lowest BCUT2D eigenvalue weighted by Gasteiger charge is -2.35. The molecule has 5 aliphatic rings. The quantitative estimate of drug-likeness (QED) is 0.107. The van der Waals surface area contributed by atoms with Gasteiger partial charge in [-0.25, -0.2) is 4.98 Å². The van der Waals surface area contributed by atoms with Crippen molar-refractivity contribution >= 4 is 63.5 Å². The molecule has 0 saturated heterocycles. The average molecular weight is 1140 g/mol. The molecule has 0 amide bonds. The topological polar surface area (TPSA) is 40.0 Å². The molecule has 2 aromatic heterocycles. The zero-order valence-electron chi connectivity index (χ0n) is 60.2. The maximum absolute atomic E-state index is 9.46. The van der Waals surface area contributed by atoms with E-state index in [-0.39, 0.29) is 70.9 Å². The van der Waals surface area contributed by atoms with E-state index < -0.39 is 31.2 Å². The van der Waals surface area contributed by atoms with Crippen molar-refractivity contribution in [3.8, 4) is 28.4 Å². The molecule has 7 nitrogen and oxygen atoms in total. The van der Waals surface area contributed by atoms with Crippen molar-refractivity contribution in [1.82, 2.24) is 19.2 Å². The van der Waals surface area contributed by atoms with Crippen LogP contribution in [0.1, 0.15) is 132 Å². The van der Waals surface area contributed by atoms with Gasteiger partial charge in [0.2, 0.25) is 0 Å². The van der Waals surface area contributed by atoms with Gasteiger partial charge in [-0.15, -0.1) is 0 Å². The zero-order chi connectivity index (χ0) is 68.2. The van der Waals surface area contributed by atoms with E-state index in [9.17, 15) is 2.74 Å². The molecule has 0 bridgehead atoms. The maximum Gasteiger partial charge on any atom is 0.320 e. The van der Waals surface area contributed by atoms with Crippen molar-refractivity contribution in [2.75, 3.05) is 16.5 Å². The van der Waals surface area contributed by atoms with Gasteiger partial charge >= 0.3 is 13.7 Å². The summed E-state index contributed by atoms with van der Waals surface area (Å²) < 4.78 is 99.3. The smallest absolute Gasteiger partial charge is 0.320 e. The van der Waals surface area contributed by atoms with E-state index in [1.165, 1.54) is 74.8 Å². The summed E-state index contributed by atoms with van der Waals surface area (Å²) in [5, 5.41) is 0.645. The van der Waals surface area contributed by atoms with Crippen LogP contribution in [0.4, 0.5) is 17.1 Å².